The smallest absolute Gasteiger partial charge is 0.256 e. The Hall–Kier alpha value is -3.19. The Labute approximate surface area is 200 Å². The Morgan fingerprint density at radius 1 is 1.06 bits per heavy atom. The third-order valence-corrected chi connectivity index (χ3v) is 7.16. The van der Waals surface area contributed by atoms with Crippen molar-refractivity contribution >= 4 is 28.5 Å². The summed E-state index contributed by atoms with van der Waals surface area (Å²) in [6, 6.07) is 13.2. The first kappa shape index (κ1) is 22.6. The molecule has 178 valence electrons. The van der Waals surface area contributed by atoms with E-state index in [2.05, 4.69) is 14.9 Å². The number of aromatic nitrogens is 2. The highest BCUT2D eigenvalue weighted by atomic mass is 16.5. The van der Waals surface area contributed by atoms with Gasteiger partial charge in [-0.1, -0.05) is 31.0 Å². The van der Waals surface area contributed by atoms with Gasteiger partial charge in [0.1, 0.15) is 0 Å². The van der Waals surface area contributed by atoms with Crippen molar-refractivity contribution < 1.29 is 14.3 Å². The van der Waals surface area contributed by atoms with E-state index in [0.29, 0.717) is 36.0 Å². The van der Waals surface area contributed by atoms with E-state index in [1.807, 2.05) is 41.6 Å². The highest BCUT2D eigenvalue weighted by molar-refractivity contribution is 6.09. The average molecular weight is 461 g/mol. The molecule has 2 fully saturated rings. The quantitative estimate of drug-likeness (QED) is 0.559. The van der Waals surface area contributed by atoms with Crippen molar-refractivity contribution in [1.29, 1.82) is 0 Å². The standard InChI is InChI=1S/C27H32N4O3/c1-34-17-22-13-7-8-14-30(22)27(33)23-15-20(29-26(32)19-9-3-2-4-10-19)16-24-25(23)31(18-28-24)21-11-5-6-12-21/h2-4,9-10,15-16,18,21-22H,5-8,11-14,17H2,1H3,(H,29,32)/t22-/m0/s1. The largest absolute Gasteiger partial charge is 0.383 e. The molecule has 1 aliphatic carbocycles. The predicted octanol–water partition coefficient (Wildman–Crippen LogP) is 5.04. The predicted molar refractivity (Wildman–Crippen MR) is 132 cm³/mol. The van der Waals surface area contributed by atoms with Gasteiger partial charge in [0, 0.05) is 30.9 Å². The van der Waals surface area contributed by atoms with Crippen LogP contribution in [-0.2, 0) is 4.74 Å². The van der Waals surface area contributed by atoms with Gasteiger partial charge in [-0.05, 0) is 56.4 Å². The van der Waals surface area contributed by atoms with Crippen LogP contribution in [0.25, 0.3) is 11.0 Å². The zero-order valence-electron chi connectivity index (χ0n) is 19.7. The summed E-state index contributed by atoms with van der Waals surface area (Å²) < 4.78 is 7.62. The lowest BCUT2D eigenvalue weighted by Crippen LogP contribution is -2.46. The number of likely N-dealkylation sites (tertiary alicyclic amines) is 1. The molecular formula is C27H32N4O3. The summed E-state index contributed by atoms with van der Waals surface area (Å²) in [6.45, 7) is 1.24. The molecule has 1 aliphatic heterocycles. The first-order valence-electron chi connectivity index (χ1n) is 12.3. The monoisotopic (exact) mass is 460 g/mol. The molecule has 1 saturated heterocycles. The van der Waals surface area contributed by atoms with Crippen molar-refractivity contribution in [2.24, 2.45) is 0 Å². The molecule has 1 saturated carbocycles. The number of hydrogen-bond donors (Lipinski definition) is 1. The average Bonchev–Trinajstić information content (AvgIpc) is 3.54. The van der Waals surface area contributed by atoms with Crippen LogP contribution in [0.5, 0.6) is 0 Å². The molecular weight excluding hydrogens is 428 g/mol. The number of nitrogens with zero attached hydrogens (tertiary/aromatic N) is 3. The van der Waals surface area contributed by atoms with E-state index in [-0.39, 0.29) is 17.9 Å². The van der Waals surface area contributed by atoms with Crippen LogP contribution in [0.1, 0.15) is 71.7 Å². The first-order valence-corrected chi connectivity index (χ1v) is 12.3. The second-order valence-electron chi connectivity index (χ2n) is 9.41. The minimum Gasteiger partial charge on any atom is -0.383 e. The van der Waals surface area contributed by atoms with Gasteiger partial charge < -0.3 is 19.5 Å². The van der Waals surface area contributed by atoms with Crippen molar-refractivity contribution in [2.75, 3.05) is 25.6 Å². The summed E-state index contributed by atoms with van der Waals surface area (Å²) in [5, 5.41) is 2.98. The van der Waals surface area contributed by atoms with Gasteiger partial charge in [0.25, 0.3) is 11.8 Å². The second kappa shape index (κ2) is 9.97. The molecule has 2 amide bonds. The van der Waals surface area contributed by atoms with E-state index < -0.39 is 0 Å². The van der Waals surface area contributed by atoms with E-state index in [0.717, 1.165) is 43.1 Å². The maximum absolute atomic E-state index is 14.0. The Bertz CT molecular complexity index is 1170. The van der Waals surface area contributed by atoms with E-state index in [9.17, 15) is 9.59 Å². The molecule has 7 nitrogen and oxygen atoms in total. The number of carbonyl (C=O) groups excluding carboxylic acids is 2. The van der Waals surface area contributed by atoms with Crippen molar-refractivity contribution in [3.05, 3.63) is 59.9 Å². The second-order valence-corrected chi connectivity index (χ2v) is 9.41. The van der Waals surface area contributed by atoms with Crippen LogP contribution in [0.3, 0.4) is 0 Å². The number of nitrogens with one attached hydrogen (secondary N) is 1. The highest BCUT2D eigenvalue weighted by Crippen LogP contribution is 2.35. The molecule has 34 heavy (non-hydrogen) atoms. The minimum atomic E-state index is -0.205. The van der Waals surface area contributed by atoms with Crippen LogP contribution < -0.4 is 5.32 Å². The molecule has 1 atom stereocenters. The number of methoxy groups -OCH3 is 1. The van der Waals surface area contributed by atoms with E-state index in [1.54, 1.807) is 19.2 Å². The molecule has 0 bridgehead atoms. The molecule has 0 unspecified atom stereocenters. The third kappa shape index (κ3) is 4.44. The molecule has 0 spiro atoms. The van der Waals surface area contributed by atoms with Crippen LogP contribution in [0, 0.1) is 0 Å². The topological polar surface area (TPSA) is 76.5 Å². The van der Waals surface area contributed by atoms with E-state index >= 15 is 0 Å². The lowest BCUT2D eigenvalue weighted by molar-refractivity contribution is 0.0429. The molecule has 1 N–H and O–H groups in total. The Balaban J connectivity index is 1.55. The van der Waals surface area contributed by atoms with Gasteiger partial charge in [-0.25, -0.2) is 4.98 Å². The number of imidazole rings is 1. The zero-order chi connectivity index (χ0) is 23.5. The van der Waals surface area contributed by atoms with Crippen molar-refractivity contribution in [3.63, 3.8) is 0 Å². The van der Waals surface area contributed by atoms with Gasteiger partial charge >= 0.3 is 0 Å². The summed E-state index contributed by atoms with van der Waals surface area (Å²) in [4.78, 5) is 33.4. The van der Waals surface area contributed by atoms with Crippen molar-refractivity contribution in [3.8, 4) is 0 Å². The van der Waals surface area contributed by atoms with Crippen molar-refractivity contribution in [1.82, 2.24) is 14.5 Å². The van der Waals surface area contributed by atoms with Crippen molar-refractivity contribution in [2.45, 2.75) is 57.0 Å². The van der Waals surface area contributed by atoms with Gasteiger partial charge in [-0.15, -0.1) is 0 Å². The number of carbonyl (C=O) groups is 2. The van der Waals surface area contributed by atoms with Crippen LogP contribution in [-0.4, -0.2) is 52.6 Å². The molecule has 1 aromatic heterocycles. The number of amides is 2. The molecule has 2 heterocycles. The third-order valence-electron chi connectivity index (χ3n) is 7.16. The number of fused-ring (bicyclic) bond motifs is 1. The fraction of sp³-hybridized carbons (Fsp3) is 0.444. The summed E-state index contributed by atoms with van der Waals surface area (Å²) in [6.07, 6.45) is 9.48. The van der Waals surface area contributed by atoms with Gasteiger partial charge in [-0.2, -0.15) is 0 Å². The number of anilines is 1. The lowest BCUT2D eigenvalue weighted by atomic mass is 10.0. The Kier molecular flexibility index (Phi) is 6.63. The maximum Gasteiger partial charge on any atom is 0.256 e. The highest BCUT2D eigenvalue weighted by Gasteiger charge is 2.31. The molecule has 3 aromatic rings. The van der Waals surface area contributed by atoms with Gasteiger partial charge in [0.05, 0.1) is 35.6 Å². The summed E-state index contributed by atoms with van der Waals surface area (Å²) in [7, 11) is 1.68. The summed E-state index contributed by atoms with van der Waals surface area (Å²) in [5.74, 6) is -0.217. The van der Waals surface area contributed by atoms with Gasteiger partial charge in [0.15, 0.2) is 0 Å². The Morgan fingerprint density at radius 2 is 1.82 bits per heavy atom. The number of ether oxygens (including phenoxy) is 1. The number of benzene rings is 2. The molecule has 0 radical (unpaired) electrons. The van der Waals surface area contributed by atoms with E-state index in [4.69, 9.17) is 4.74 Å². The van der Waals surface area contributed by atoms with Crippen LogP contribution in [0.4, 0.5) is 5.69 Å². The number of rotatable bonds is 6. The number of hydrogen-bond acceptors (Lipinski definition) is 4. The van der Waals surface area contributed by atoms with E-state index in [1.165, 1.54) is 12.8 Å². The van der Waals surface area contributed by atoms with Gasteiger partial charge in [-0.3, -0.25) is 9.59 Å². The number of piperidine rings is 1. The zero-order valence-corrected chi connectivity index (χ0v) is 19.7. The maximum atomic E-state index is 14.0. The van der Waals surface area contributed by atoms with Crippen LogP contribution in [0.15, 0.2) is 48.8 Å². The summed E-state index contributed by atoms with van der Waals surface area (Å²) in [5.41, 5.74) is 3.37. The SMILES string of the molecule is COC[C@@H]1CCCCN1C(=O)c1cc(NC(=O)c2ccccc2)cc2ncn(C3CCCC3)c12. The minimum absolute atomic E-state index is 0.0118. The molecule has 7 heteroatoms. The first-order chi connectivity index (χ1) is 16.7. The summed E-state index contributed by atoms with van der Waals surface area (Å²) >= 11 is 0. The van der Waals surface area contributed by atoms with Crippen LogP contribution >= 0.6 is 0 Å². The molecule has 2 aliphatic rings. The van der Waals surface area contributed by atoms with Crippen LogP contribution in [0.2, 0.25) is 0 Å². The fourth-order valence-electron chi connectivity index (χ4n) is 5.45. The van der Waals surface area contributed by atoms with Gasteiger partial charge in [0.2, 0.25) is 0 Å². The fourth-order valence-corrected chi connectivity index (χ4v) is 5.45. The molecule has 5 rings (SSSR count). The normalized spacial score (nSPS) is 19.0. The lowest BCUT2D eigenvalue weighted by Gasteiger charge is -2.35. The molecule has 2 aromatic carbocycles. The Morgan fingerprint density at radius 3 is 2.59 bits per heavy atom.